The number of benzene rings is 3. The molecular formula is C20H12ClFN2O. The fourth-order valence-electron chi connectivity index (χ4n) is 3.24. The number of hydrogen-bond donors (Lipinski definition) is 1. The van der Waals surface area contributed by atoms with Gasteiger partial charge in [-0.2, -0.15) is 5.26 Å². The van der Waals surface area contributed by atoms with E-state index in [2.05, 4.69) is 6.07 Å². The van der Waals surface area contributed by atoms with Crippen molar-refractivity contribution < 1.29 is 9.13 Å². The van der Waals surface area contributed by atoms with Crippen molar-refractivity contribution in [3.05, 3.63) is 88.0 Å². The summed E-state index contributed by atoms with van der Waals surface area (Å²) in [7, 11) is 0. The number of allylic oxidation sites excluding steroid dienone is 1. The summed E-state index contributed by atoms with van der Waals surface area (Å²) in [6.07, 6.45) is 0. The Morgan fingerprint density at radius 3 is 2.44 bits per heavy atom. The van der Waals surface area contributed by atoms with Gasteiger partial charge in [-0.15, -0.1) is 0 Å². The van der Waals surface area contributed by atoms with Gasteiger partial charge >= 0.3 is 0 Å². The van der Waals surface area contributed by atoms with Gasteiger partial charge in [-0.05, 0) is 23.8 Å². The number of nitriles is 1. The Bertz CT molecular complexity index is 1070. The lowest BCUT2D eigenvalue weighted by Crippen LogP contribution is -2.21. The summed E-state index contributed by atoms with van der Waals surface area (Å²) in [6, 6.07) is 17.5. The van der Waals surface area contributed by atoms with Gasteiger partial charge in [-0.3, -0.25) is 0 Å². The standard InChI is InChI=1S/C20H12ClFN2O/c21-17-9-15-18(11-5-7-12(22)8-6-11)16(10-23)20(24)25-19(15)14-4-2-1-3-13(14)17/h1-9,18H,24H2/t18-/m1/s1. The first kappa shape index (κ1) is 15.5. The molecule has 1 aliphatic heterocycles. The van der Waals surface area contributed by atoms with E-state index in [0.29, 0.717) is 10.8 Å². The van der Waals surface area contributed by atoms with Crippen LogP contribution in [0.2, 0.25) is 5.02 Å². The van der Waals surface area contributed by atoms with Gasteiger partial charge in [0, 0.05) is 21.4 Å². The summed E-state index contributed by atoms with van der Waals surface area (Å²) >= 11 is 6.45. The molecule has 3 aromatic carbocycles. The second kappa shape index (κ2) is 5.80. The van der Waals surface area contributed by atoms with Crippen LogP contribution in [-0.2, 0) is 0 Å². The van der Waals surface area contributed by atoms with E-state index in [-0.39, 0.29) is 17.3 Å². The topological polar surface area (TPSA) is 59.0 Å². The van der Waals surface area contributed by atoms with Gasteiger partial charge < -0.3 is 10.5 Å². The van der Waals surface area contributed by atoms with E-state index in [1.165, 1.54) is 12.1 Å². The largest absolute Gasteiger partial charge is 0.440 e. The molecule has 0 radical (unpaired) electrons. The van der Waals surface area contributed by atoms with Crippen LogP contribution in [0, 0.1) is 17.1 Å². The molecule has 0 fully saturated rings. The van der Waals surface area contributed by atoms with Gasteiger partial charge in [0.05, 0.1) is 5.92 Å². The van der Waals surface area contributed by atoms with Crippen LogP contribution in [0.1, 0.15) is 17.0 Å². The van der Waals surface area contributed by atoms with Crippen LogP contribution in [0.4, 0.5) is 4.39 Å². The van der Waals surface area contributed by atoms with Crippen LogP contribution in [-0.4, -0.2) is 0 Å². The highest BCUT2D eigenvalue weighted by Crippen LogP contribution is 2.47. The maximum Gasteiger partial charge on any atom is 0.205 e. The summed E-state index contributed by atoms with van der Waals surface area (Å²) in [5, 5.41) is 11.8. The molecule has 2 N–H and O–H groups in total. The molecule has 0 amide bonds. The molecule has 0 aromatic heterocycles. The summed E-state index contributed by atoms with van der Waals surface area (Å²) in [6.45, 7) is 0. The fourth-order valence-corrected chi connectivity index (χ4v) is 3.52. The molecule has 0 saturated carbocycles. The molecule has 0 spiro atoms. The van der Waals surface area contributed by atoms with Crippen LogP contribution in [0.3, 0.4) is 0 Å². The number of nitrogens with zero attached hydrogens (tertiary/aromatic N) is 1. The maximum atomic E-state index is 13.3. The van der Waals surface area contributed by atoms with Crippen LogP contribution in [0.5, 0.6) is 5.75 Å². The summed E-state index contributed by atoms with van der Waals surface area (Å²) in [5.74, 6) is -0.179. The third-order valence-electron chi connectivity index (χ3n) is 4.37. The lowest BCUT2D eigenvalue weighted by molar-refractivity contribution is 0.398. The lowest BCUT2D eigenvalue weighted by Gasteiger charge is -2.28. The first-order valence-electron chi connectivity index (χ1n) is 7.64. The molecule has 0 saturated heterocycles. The van der Waals surface area contributed by atoms with Gasteiger partial charge in [0.25, 0.3) is 0 Å². The Morgan fingerprint density at radius 1 is 1.08 bits per heavy atom. The van der Waals surface area contributed by atoms with E-state index in [9.17, 15) is 9.65 Å². The van der Waals surface area contributed by atoms with Crippen LogP contribution < -0.4 is 10.5 Å². The zero-order valence-electron chi connectivity index (χ0n) is 13.0. The molecule has 0 unspecified atom stereocenters. The number of hydrogen-bond acceptors (Lipinski definition) is 3. The maximum absolute atomic E-state index is 13.3. The van der Waals surface area contributed by atoms with E-state index in [1.807, 2.05) is 24.3 Å². The quantitative estimate of drug-likeness (QED) is 0.682. The second-order valence-electron chi connectivity index (χ2n) is 5.80. The molecule has 0 bridgehead atoms. The predicted molar refractivity (Wildman–Crippen MR) is 94.7 cm³/mol. The smallest absolute Gasteiger partial charge is 0.205 e. The predicted octanol–water partition coefficient (Wildman–Crippen LogP) is 4.85. The van der Waals surface area contributed by atoms with E-state index >= 15 is 0 Å². The lowest BCUT2D eigenvalue weighted by atomic mass is 9.82. The minimum absolute atomic E-state index is 0.0526. The van der Waals surface area contributed by atoms with E-state index in [4.69, 9.17) is 22.1 Å². The number of fused-ring (bicyclic) bond motifs is 3. The molecule has 3 aromatic rings. The second-order valence-corrected chi connectivity index (χ2v) is 6.21. The third-order valence-corrected chi connectivity index (χ3v) is 4.69. The monoisotopic (exact) mass is 350 g/mol. The molecular weight excluding hydrogens is 339 g/mol. The zero-order chi connectivity index (χ0) is 17.6. The molecule has 4 rings (SSSR count). The average molecular weight is 351 g/mol. The summed E-state index contributed by atoms with van der Waals surface area (Å²) < 4.78 is 19.1. The van der Waals surface area contributed by atoms with E-state index in [1.54, 1.807) is 18.2 Å². The van der Waals surface area contributed by atoms with Gasteiger partial charge in [0.1, 0.15) is 23.2 Å². The minimum Gasteiger partial charge on any atom is -0.440 e. The Balaban J connectivity index is 2.04. The normalized spacial score (nSPS) is 16.3. The number of halogens is 2. The van der Waals surface area contributed by atoms with Crippen molar-refractivity contribution in [2.75, 3.05) is 0 Å². The number of ether oxygens (including phenoxy) is 1. The summed E-state index contributed by atoms with van der Waals surface area (Å²) in [5.41, 5.74) is 7.79. The van der Waals surface area contributed by atoms with Gasteiger partial charge in [-0.1, -0.05) is 48.0 Å². The Kier molecular flexibility index (Phi) is 3.60. The van der Waals surface area contributed by atoms with Crippen molar-refractivity contribution in [3.63, 3.8) is 0 Å². The minimum atomic E-state index is -0.462. The number of rotatable bonds is 1. The van der Waals surface area contributed by atoms with Gasteiger partial charge in [0.15, 0.2) is 0 Å². The molecule has 3 nitrogen and oxygen atoms in total. The zero-order valence-corrected chi connectivity index (χ0v) is 13.7. The SMILES string of the molecule is N#CC1=C(N)Oc2c(cc(Cl)c3ccccc23)[C@H]1c1ccc(F)cc1. The van der Waals surface area contributed by atoms with Crippen LogP contribution in [0.25, 0.3) is 10.8 Å². The Morgan fingerprint density at radius 2 is 1.76 bits per heavy atom. The van der Waals surface area contributed by atoms with Gasteiger partial charge in [-0.25, -0.2) is 4.39 Å². The van der Waals surface area contributed by atoms with Crippen molar-refractivity contribution in [2.45, 2.75) is 5.92 Å². The van der Waals surface area contributed by atoms with Crippen molar-refractivity contribution in [2.24, 2.45) is 5.73 Å². The fraction of sp³-hybridized carbons (Fsp3) is 0.0500. The highest BCUT2D eigenvalue weighted by atomic mass is 35.5. The van der Waals surface area contributed by atoms with Gasteiger partial charge in [0.2, 0.25) is 5.88 Å². The summed E-state index contributed by atoms with van der Waals surface area (Å²) in [4.78, 5) is 0. The van der Waals surface area contributed by atoms with Crippen molar-refractivity contribution in [1.29, 1.82) is 5.26 Å². The Hall–Kier alpha value is -3.03. The van der Waals surface area contributed by atoms with E-state index in [0.717, 1.165) is 21.9 Å². The Labute approximate surface area is 148 Å². The molecule has 122 valence electrons. The van der Waals surface area contributed by atoms with E-state index < -0.39 is 5.92 Å². The molecule has 5 heteroatoms. The molecule has 1 heterocycles. The average Bonchev–Trinajstić information content (AvgIpc) is 2.63. The van der Waals surface area contributed by atoms with Crippen LogP contribution in [0.15, 0.2) is 66.1 Å². The number of nitrogens with two attached hydrogens (primary N) is 1. The van der Waals surface area contributed by atoms with Crippen molar-refractivity contribution in [1.82, 2.24) is 0 Å². The molecule has 1 aliphatic rings. The first-order valence-corrected chi connectivity index (χ1v) is 8.02. The van der Waals surface area contributed by atoms with Crippen LogP contribution >= 0.6 is 11.6 Å². The highest BCUT2D eigenvalue weighted by Gasteiger charge is 2.32. The molecule has 0 aliphatic carbocycles. The van der Waals surface area contributed by atoms with Crippen molar-refractivity contribution in [3.8, 4) is 11.8 Å². The first-order chi connectivity index (χ1) is 12.1. The molecule has 25 heavy (non-hydrogen) atoms. The van der Waals surface area contributed by atoms with Crippen molar-refractivity contribution >= 4 is 22.4 Å². The third kappa shape index (κ3) is 2.41. The molecule has 1 atom stereocenters. The highest BCUT2D eigenvalue weighted by molar-refractivity contribution is 6.36.